The van der Waals surface area contributed by atoms with E-state index in [4.69, 9.17) is 9.83 Å². The van der Waals surface area contributed by atoms with Crippen LogP contribution in [-0.2, 0) is 0 Å². The predicted octanol–water partition coefficient (Wildman–Crippen LogP) is 2.20. The monoisotopic (exact) mass is 305 g/mol. The van der Waals surface area contributed by atoms with Gasteiger partial charge in [0.2, 0.25) is 0 Å². The SMILES string of the molecule is CN1CCC2=C(C#N)C(=N)C(C#N)(C#N)[C@H](c3ccoc3)[C@H]2C1. The first-order chi connectivity index (χ1) is 11.1. The van der Waals surface area contributed by atoms with Crippen LogP contribution in [0.15, 0.2) is 34.2 Å². The summed E-state index contributed by atoms with van der Waals surface area (Å²) in [5, 5.41) is 37.4. The minimum atomic E-state index is -1.67. The van der Waals surface area contributed by atoms with Crippen LogP contribution in [0.1, 0.15) is 17.9 Å². The van der Waals surface area contributed by atoms with Gasteiger partial charge < -0.3 is 14.7 Å². The third kappa shape index (κ3) is 1.99. The first kappa shape index (κ1) is 15.0. The Morgan fingerprint density at radius 3 is 2.65 bits per heavy atom. The van der Waals surface area contributed by atoms with Gasteiger partial charge in [0, 0.05) is 24.9 Å². The van der Waals surface area contributed by atoms with Gasteiger partial charge in [0.25, 0.3) is 0 Å². The number of hydrogen-bond acceptors (Lipinski definition) is 6. The van der Waals surface area contributed by atoms with Gasteiger partial charge in [-0.15, -0.1) is 0 Å². The average molecular weight is 305 g/mol. The Hall–Kier alpha value is -2.88. The molecule has 0 bridgehead atoms. The molecule has 2 atom stereocenters. The van der Waals surface area contributed by atoms with E-state index in [1.807, 2.05) is 19.2 Å². The molecule has 1 aromatic heterocycles. The number of piperidine rings is 1. The Morgan fingerprint density at radius 1 is 1.35 bits per heavy atom. The molecule has 1 aliphatic carbocycles. The first-order valence-corrected chi connectivity index (χ1v) is 7.34. The molecule has 1 N–H and O–H groups in total. The summed E-state index contributed by atoms with van der Waals surface area (Å²) >= 11 is 0. The van der Waals surface area contributed by atoms with Crippen molar-refractivity contribution in [1.82, 2.24) is 4.90 Å². The van der Waals surface area contributed by atoms with Gasteiger partial charge in [-0.2, -0.15) is 15.8 Å². The molecule has 114 valence electrons. The van der Waals surface area contributed by atoms with Crippen LogP contribution in [0, 0.1) is 50.7 Å². The maximum Gasteiger partial charge on any atom is 0.193 e. The molecule has 3 rings (SSSR count). The molecule has 0 amide bonds. The second-order valence-electron chi connectivity index (χ2n) is 6.07. The second kappa shape index (κ2) is 5.39. The lowest BCUT2D eigenvalue weighted by atomic mass is 9.57. The number of rotatable bonds is 1. The van der Waals surface area contributed by atoms with Crippen LogP contribution in [0.25, 0.3) is 0 Å². The molecular weight excluding hydrogens is 290 g/mol. The summed E-state index contributed by atoms with van der Waals surface area (Å²) in [6, 6.07) is 7.88. The zero-order valence-electron chi connectivity index (χ0n) is 12.7. The van der Waals surface area contributed by atoms with E-state index in [2.05, 4.69) is 11.0 Å². The average Bonchev–Trinajstić information content (AvgIpc) is 3.08. The lowest BCUT2D eigenvalue weighted by Crippen LogP contribution is -2.49. The Kier molecular flexibility index (Phi) is 3.52. The van der Waals surface area contributed by atoms with E-state index in [-0.39, 0.29) is 17.2 Å². The number of nitrogens with one attached hydrogen (secondary N) is 1. The van der Waals surface area contributed by atoms with E-state index >= 15 is 0 Å². The third-order valence-corrected chi connectivity index (χ3v) is 4.92. The van der Waals surface area contributed by atoms with Gasteiger partial charge in [-0.05, 0) is 30.7 Å². The molecule has 0 radical (unpaired) electrons. The summed E-state index contributed by atoms with van der Waals surface area (Å²) in [6.07, 6.45) is 3.72. The number of furan rings is 1. The van der Waals surface area contributed by atoms with Gasteiger partial charge in [0.15, 0.2) is 5.41 Å². The number of likely N-dealkylation sites (tertiary alicyclic amines) is 1. The highest BCUT2D eigenvalue weighted by molar-refractivity contribution is 6.11. The molecule has 23 heavy (non-hydrogen) atoms. The molecule has 1 aliphatic heterocycles. The van der Waals surface area contributed by atoms with Crippen molar-refractivity contribution in [3.8, 4) is 18.2 Å². The highest BCUT2D eigenvalue weighted by Crippen LogP contribution is 2.52. The van der Waals surface area contributed by atoms with Crippen molar-refractivity contribution in [1.29, 1.82) is 21.2 Å². The Bertz CT molecular complexity index is 786. The van der Waals surface area contributed by atoms with Crippen LogP contribution < -0.4 is 0 Å². The van der Waals surface area contributed by atoms with Gasteiger partial charge in [0.1, 0.15) is 6.07 Å². The fourth-order valence-corrected chi connectivity index (χ4v) is 3.80. The maximum absolute atomic E-state index is 9.76. The fourth-order valence-electron chi connectivity index (χ4n) is 3.80. The molecule has 0 saturated carbocycles. The van der Waals surface area contributed by atoms with Crippen molar-refractivity contribution >= 4 is 5.71 Å². The summed E-state index contributed by atoms with van der Waals surface area (Å²) in [7, 11) is 1.98. The summed E-state index contributed by atoms with van der Waals surface area (Å²) in [6.45, 7) is 1.45. The summed E-state index contributed by atoms with van der Waals surface area (Å²) < 4.78 is 5.16. The first-order valence-electron chi connectivity index (χ1n) is 7.34. The van der Waals surface area contributed by atoms with Crippen molar-refractivity contribution in [2.45, 2.75) is 12.3 Å². The highest BCUT2D eigenvalue weighted by Gasteiger charge is 2.55. The standard InChI is InChI=1S/C17H15N5O/c1-22-4-2-12-13(6-18)16(21)17(9-19,10-20)15(14(12)7-22)11-3-5-23-8-11/h3,5,8,14-15,21H,2,4,7H2,1H3/t14-,15+/m0/s1. The Balaban J connectivity index is 2.29. The van der Waals surface area contributed by atoms with E-state index in [0.717, 1.165) is 17.7 Å². The predicted molar refractivity (Wildman–Crippen MR) is 81.1 cm³/mol. The van der Waals surface area contributed by atoms with E-state index in [9.17, 15) is 15.8 Å². The van der Waals surface area contributed by atoms with E-state index < -0.39 is 11.3 Å². The molecule has 1 fully saturated rings. The van der Waals surface area contributed by atoms with E-state index in [1.54, 1.807) is 6.07 Å². The van der Waals surface area contributed by atoms with Gasteiger partial charge >= 0.3 is 0 Å². The molecule has 1 saturated heterocycles. The molecule has 0 unspecified atom stereocenters. The summed E-state index contributed by atoms with van der Waals surface area (Å²) in [5.41, 5.74) is -0.00473. The van der Waals surface area contributed by atoms with Crippen LogP contribution in [0.3, 0.4) is 0 Å². The van der Waals surface area contributed by atoms with Gasteiger partial charge in [0.05, 0.1) is 35.9 Å². The normalized spacial score (nSPS) is 26.8. The number of nitriles is 3. The zero-order valence-corrected chi connectivity index (χ0v) is 12.7. The van der Waals surface area contributed by atoms with Crippen LogP contribution in [0.2, 0.25) is 0 Å². The maximum atomic E-state index is 9.76. The number of hydrogen-bond donors (Lipinski definition) is 1. The van der Waals surface area contributed by atoms with Crippen molar-refractivity contribution in [2.24, 2.45) is 11.3 Å². The van der Waals surface area contributed by atoms with E-state index in [1.165, 1.54) is 12.5 Å². The Labute approximate surface area is 134 Å². The molecule has 6 nitrogen and oxygen atoms in total. The minimum Gasteiger partial charge on any atom is -0.472 e. The van der Waals surface area contributed by atoms with Crippen LogP contribution in [0.5, 0.6) is 0 Å². The van der Waals surface area contributed by atoms with Crippen molar-refractivity contribution in [3.05, 3.63) is 35.3 Å². The highest BCUT2D eigenvalue weighted by atomic mass is 16.3. The molecule has 2 aliphatic rings. The van der Waals surface area contributed by atoms with Gasteiger partial charge in [-0.25, -0.2) is 0 Å². The zero-order chi connectivity index (χ0) is 16.6. The molecule has 2 heterocycles. The number of allylic oxidation sites excluding steroid dienone is 1. The number of nitrogens with zero attached hydrogens (tertiary/aromatic N) is 4. The molecule has 1 aromatic rings. The largest absolute Gasteiger partial charge is 0.472 e. The van der Waals surface area contributed by atoms with Crippen LogP contribution >= 0.6 is 0 Å². The second-order valence-corrected chi connectivity index (χ2v) is 6.07. The van der Waals surface area contributed by atoms with E-state index in [0.29, 0.717) is 13.0 Å². The number of fused-ring (bicyclic) bond motifs is 1. The van der Waals surface area contributed by atoms with Crippen molar-refractivity contribution in [2.75, 3.05) is 20.1 Å². The van der Waals surface area contributed by atoms with Crippen LogP contribution in [0.4, 0.5) is 0 Å². The fraction of sp³-hybridized carbons (Fsp3) is 0.412. The topological polar surface area (TPSA) is 112 Å². The molecule has 0 aromatic carbocycles. The summed E-state index contributed by atoms with van der Waals surface area (Å²) in [4.78, 5) is 2.13. The van der Waals surface area contributed by atoms with Crippen LogP contribution in [-0.4, -0.2) is 30.7 Å². The quantitative estimate of drug-likeness (QED) is 0.854. The van der Waals surface area contributed by atoms with Gasteiger partial charge in [-0.1, -0.05) is 0 Å². The minimum absolute atomic E-state index is 0.144. The molecule has 6 heteroatoms. The third-order valence-electron chi connectivity index (χ3n) is 4.92. The Morgan fingerprint density at radius 2 is 2.09 bits per heavy atom. The molecule has 0 spiro atoms. The van der Waals surface area contributed by atoms with Crippen molar-refractivity contribution in [3.63, 3.8) is 0 Å². The summed E-state index contributed by atoms with van der Waals surface area (Å²) in [5.74, 6) is -0.645. The lowest BCUT2D eigenvalue weighted by molar-refractivity contribution is 0.213. The molecular formula is C17H15N5O. The van der Waals surface area contributed by atoms with Crippen molar-refractivity contribution < 1.29 is 4.42 Å². The smallest absolute Gasteiger partial charge is 0.193 e. The van der Waals surface area contributed by atoms with Gasteiger partial charge in [-0.3, -0.25) is 0 Å². The lowest BCUT2D eigenvalue weighted by Gasteiger charge is -2.45.